The third-order valence-corrected chi connectivity index (χ3v) is 5.49. The highest BCUT2D eigenvalue weighted by Gasteiger charge is 2.26. The lowest BCUT2D eigenvalue weighted by Gasteiger charge is -2.32. The van der Waals surface area contributed by atoms with E-state index in [1.54, 1.807) is 11.3 Å². The lowest BCUT2D eigenvalue weighted by molar-refractivity contribution is -0.118. The molecule has 1 fully saturated rings. The first-order valence-corrected chi connectivity index (χ1v) is 9.61. The molecule has 2 rings (SSSR count). The molecule has 0 bridgehead atoms. The van der Waals surface area contributed by atoms with Gasteiger partial charge in [-0.15, -0.1) is 11.3 Å². The van der Waals surface area contributed by atoms with E-state index in [0.717, 1.165) is 49.5 Å². The van der Waals surface area contributed by atoms with Gasteiger partial charge in [0.05, 0.1) is 10.7 Å². The predicted octanol–water partition coefficient (Wildman–Crippen LogP) is 2.51. The van der Waals surface area contributed by atoms with Crippen molar-refractivity contribution in [3.8, 4) is 0 Å². The number of likely N-dealkylation sites (tertiary alicyclic amines) is 1. The molecule has 1 saturated heterocycles. The quantitative estimate of drug-likeness (QED) is 0.826. The Morgan fingerprint density at radius 1 is 1.42 bits per heavy atom. The van der Waals surface area contributed by atoms with E-state index in [4.69, 9.17) is 4.98 Å². The van der Waals surface area contributed by atoms with Crippen molar-refractivity contribution in [2.24, 2.45) is 0 Å². The maximum absolute atomic E-state index is 12.2. The number of hydrogen-bond donors (Lipinski definition) is 2. The van der Waals surface area contributed by atoms with Gasteiger partial charge in [0.15, 0.2) is 0 Å². The summed E-state index contributed by atoms with van der Waals surface area (Å²) in [6.07, 6.45) is 3.65. The molecule has 3 amide bonds. The second kappa shape index (κ2) is 9.01. The third kappa shape index (κ3) is 5.47. The minimum atomic E-state index is -0.00603. The number of piperidine rings is 1. The van der Waals surface area contributed by atoms with E-state index in [9.17, 15) is 9.59 Å². The van der Waals surface area contributed by atoms with Crippen LogP contribution in [0.25, 0.3) is 0 Å². The highest BCUT2D eigenvalue weighted by molar-refractivity contribution is 7.09. The van der Waals surface area contributed by atoms with Gasteiger partial charge in [-0.1, -0.05) is 6.92 Å². The minimum absolute atomic E-state index is 0.00603. The summed E-state index contributed by atoms with van der Waals surface area (Å²) in [4.78, 5) is 29.7. The largest absolute Gasteiger partial charge is 0.356 e. The van der Waals surface area contributed by atoms with Crippen LogP contribution < -0.4 is 10.6 Å². The molecule has 6 nitrogen and oxygen atoms in total. The molecule has 1 aliphatic rings. The summed E-state index contributed by atoms with van der Waals surface area (Å²) in [6.45, 7) is 7.83. The zero-order valence-electron chi connectivity index (χ0n) is 14.8. The van der Waals surface area contributed by atoms with Gasteiger partial charge < -0.3 is 15.5 Å². The molecular weight excluding hydrogens is 324 g/mol. The van der Waals surface area contributed by atoms with E-state index in [1.807, 2.05) is 11.8 Å². The van der Waals surface area contributed by atoms with Crippen molar-refractivity contribution in [3.05, 3.63) is 16.1 Å². The van der Waals surface area contributed by atoms with E-state index < -0.39 is 0 Å². The number of aromatic nitrogens is 1. The minimum Gasteiger partial charge on any atom is -0.356 e. The summed E-state index contributed by atoms with van der Waals surface area (Å²) in [5.74, 6) is 0.436. The van der Waals surface area contributed by atoms with Gasteiger partial charge in [-0.3, -0.25) is 4.79 Å². The summed E-state index contributed by atoms with van der Waals surface area (Å²) in [5, 5.41) is 9.07. The molecule has 2 N–H and O–H groups in total. The number of thiazole rings is 1. The standard InChI is InChI=1S/C17H28N4O2S/c1-4-12(2)19-17(23)21-9-6-14(7-10-21)16-20-15(11-24-16)5-8-18-13(3)22/h11-12,14H,4-10H2,1-3H3,(H,18,22)(H,19,23)/t12-/m1/s1. The Labute approximate surface area is 148 Å². The van der Waals surface area contributed by atoms with Crippen LogP contribution in [0.2, 0.25) is 0 Å². The van der Waals surface area contributed by atoms with Crippen LogP contribution in [-0.4, -0.2) is 47.5 Å². The monoisotopic (exact) mass is 352 g/mol. The van der Waals surface area contributed by atoms with Crippen LogP contribution in [0, 0.1) is 0 Å². The summed E-state index contributed by atoms with van der Waals surface area (Å²) in [5.41, 5.74) is 1.04. The first-order chi connectivity index (χ1) is 11.5. The van der Waals surface area contributed by atoms with Crippen molar-refractivity contribution in [1.29, 1.82) is 0 Å². The topological polar surface area (TPSA) is 74.3 Å². The molecule has 0 aliphatic carbocycles. The lowest BCUT2D eigenvalue weighted by atomic mass is 9.98. The first kappa shape index (κ1) is 18.7. The van der Waals surface area contributed by atoms with Crippen LogP contribution in [-0.2, 0) is 11.2 Å². The zero-order valence-corrected chi connectivity index (χ0v) is 15.6. The molecular formula is C17H28N4O2S. The summed E-state index contributed by atoms with van der Waals surface area (Å²) in [6, 6.07) is 0.276. The maximum atomic E-state index is 12.2. The molecule has 0 radical (unpaired) electrons. The van der Waals surface area contributed by atoms with Gasteiger partial charge >= 0.3 is 6.03 Å². The number of rotatable bonds is 6. The molecule has 1 aromatic heterocycles. The third-order valence-electron chi connectivity index (χ3n) is 4.44. The summed E-state index contributed by atoms with van der Waals surface area (Å²) >= 11 is 1.70. The van der Waals surface area contributed by atoms with Crippen LogP contribution in [0.1, 0.15) is 56.7 Å². The van der Waals surface area contributed by atoms with Crippen molar-refractivity contribution >= 4 is 23.3 Å². The highest BCUT2D eigenvalue weighted by atomic mass is 32.1. The second-order valence-corrected chi connectivity index (χ2v) is 7.32. The Bertz CT molecular complexity index is 553. The van der Waals surface area contributed by atoms with E-state index in [2.05, 4.69) is 22.9 Å². The molecule has 2 heterocycles. The van der Waals surface area contributed by atoms with Crippen LogP contribution >= 0.6 is 11.3 Å². The van der Waals surface area contributed by atoms with Gasteiger partial charge in [0.1, 0.15) is 0 Å². The number of hydrogen-bond acceptors (Lipinski definition) is 4. The van der Waals surface area contributed by atoms with Gasteiger partial charge in [-0.05, 0) is 26.2 Å². The molecule has 7 heteroatoms. The molecule has 1 aliphatic heterocycles. The molecule has 1 aromatic rings. The first-order valence-electron chi connectivity index (χ1n) is 8.73. The van der Waals surface area contributed by atoms with Crippen molar-refractivity contribution in [1.82, 2.24) is 20.5 Å². The maximum Gasteiger partial charge on any atom is 0.317 e. The second-order valence-electron chi connectivity index (χ2n) is 6.43. The highest BCUT2D eigenvalue weighted by Crippen LogP contribution is 2.30. The molecule has 24 heavy (non-hydrogen) atoms. The number of carbonyl (C=O) groups is 2. The normalized spacial score (nSPS) is 16.7. The van der Waals surface area contributed by atoms with E-state index >= 15 is 0 Å². The number of nitrogens with one attached hydrogen (secondary N) is 2. The molecule has 0 aromatic carbocycles. The van der Waals surface area contributed by atoms with Crippen molar-refractivity contribution in [2.75, 3.05) is 19.6 Å². The van der Waals surface area contributed by atoms with E-state index in [1.165, 1.54) is 6.92 Å². The Morgan fingerprint density at radius 2 is 2.12 bits per heavy atom. The van der Waals surface area contributed by atoms with Crippen molar-refractivity contribution in [2.45, 2.75) is 58.4 Å². The Balaban J connectivity index is 1.79. The van der Waals surface area contributed by atoms with Gasteiger partial charge in [-0.2, -0.15) is 0 Å². The number of amides is 3. The molecule has 0 saturated carbocycles. The van der Waals surface area contributed by atoms with Crippen molar-refractivity contribution < 1.29 is 9.59 Å². The van der Waals surface area contributed by atoms with Gasteiger partial charge in [0.25, 0.3) is 0 Å². The van der Waals surface area contributed by atoms with Crippen LogP contribution in [0.4, 0.5) is 4.79 Å². The fraction of sp³-hybridized carbons (Fsp3) is 0.706. The Kier molecular flexibility index (Phi) is 7.02. The molecule has 0 unspecified atom stereocenters. The Hall–Kier alpha value is -1.63. The fourth-order valence-corrected chi connectivity index (χ4v) is 3.75. The van der Waals surface area contributed by atoms with Gasteiger partial charge in [0, 0.05) is 50.3 Å². The van der Waals surface area contributed by atoms with E-state index in [0.29, 0.717) is 12.5 Å². The average molecular weight is 353 g/mol. The van der Waals surface area contributed by atoms with Crippen LogP contribution in [0.15, 0.2) is 5.38 Å². The predicted molar refractivity (Wildman–Crippen MR) is 96.3 cm³/mol. The number of urea groups is 1. The van der Waals surface area contributed by atoms with Gasteiger partial charge in [-0.25, -0.2) is 9.78 Å². The number of nitrogens with zero attached hydrogens (tertiary/aromatic N) is 2. The summed E-state index contributed by atoms with van der Waals surface area (Å²) < 4.78 is 0. The van der Waals surface area contributed by atoms with E-state index in [-0.39, 0.29) is 18.0 Å². The SMILES string of the molecule is CC[C@@H](C)NC(=O)N1CCC(c2nc(CCNC(C)=O)cs2)CC1. The molecule has 1 atom stereocenters. The molecule has 134 valence electrons. The summed E-state index contributed by atoms with van der Waals surface area (Å²) in [7, 11) is 0. The van der Waals surface area contributed by atoms with Crippen LogP contribution in [0.3, 0.4) is 0 Å². The fourth-order valence-electron chi connectivity index (χ4n) is 2.73. The average Bonchev–Trinajstić information content (AvgIpc) is 3.03. The lowest BCUT2D eigenvalue weighted by Crippen LogP contribution is -2.46. The van der Waals surface area contributed by atoms with Crippen LogP contribution in [0.5, 0.6) is 0 Å². The smallest absolute Gasteiger partial charge is 0.317 e. The van der Waals surface area contributed by atoms with Gasteiger partial charge in [0.2, 0.25) is 5.91 Å². The number of carbonyl (C=O) groups excluding carboxylic acids is 2. The Morgan fingerprint density at radius 3 is 2.75 bits per heavy atom. The van der Waals surface area contributed by atoms with Crippen molar-refractivity contribution in [3.63, 3.8) is 0 Å². The molecule has 0 spiro atoms. The zero-order chi connectivity index (χ0) is 17.5.